The van der Waals surface area contributed by atoms with Gasteiger partial charge in [-0.2, -0.15) is 0 Å². The summed E-state index contributed by atoms with van der Waals surface area (Å²) >= 11 is 3.61. The summed E-state index contributed by atoms with van der Waals surface area (Å²) < 4.78 is 19.9. The number of carbonyl (C=O) groups is 1. The van der Waals surface area contributed by atoms with E-state index in [1.165, 1.54) is 19.8 Å². The van der Waals surface area contributed by atoms with Crippen LogP contribution in [0.3, 0.4) is 0 Å². The molecule has 1 aliphatic carbocycles. The van der Waals surface area contributed by atoms with Gasteiger partial charge in [-0.1, -0.05) is 19.6 Å². The number of rotatable bonds is 10. The molecule has 1 fully saturated rings. The second-order valence-electron chi connectivity index (χ2n) is 8.61. The minimum Gasteiger partial charge on any atom is -0.492 e. The van der Waals surface area contributed by atoms with Gasteiger partial charge in [0.25, 0.3) is 0 Å². The Morgan fingerprint density at radius 3 is 2.71 bits per heavy atom. The third-order valence-electron chi connectivity index (χ3n) is 4.67. The van der Waals surface area contributed by atoms with Crippen LogP contribution >= 0.6 is 15.9 Å². The lowest BCUT2D eigenvalue weighted by atomic mass is 10.3. The molecule has 1 aromatic heterocycles. The molecule has 28 heavy (non-hydrogen) atoms. The van der Waals surface area contributed by atoms with E-state index >= 15 is 0 Å². The molecule has 6 nitrogen and oxygen atoms in total. The van der Waals surface area contributed by atoms with Gasteiger partial charge in [-0.25, -0.2) is 4.98 Å². The average molecular weight is 469 g/mol. The van der Waals surface area contributed by atoms with Crippen molar-refractivity contribution in [2.24, 2.45) is 5.92 Å². The smallest absolute Gasteiger partial charge is 0.303 e. The molecule has 0 atom stereocenters. The second kappa shape index (κ2) is 8.96. The molecular weight excluding hydrogens is 440 g/mol. The molecular formula is C20H29BrN2O4Si. The normalized spacial score (nSPS) is 14.5. The Morgan fingerprint density at radius 1 is 1.32 bits per heavy atom. The van der Waals surface area contributed by atoms with Crippen LogP contribution in [0.15, 0.2) is 16.6 Å². The Kier molecular flexibility index (Phi) is 6.83. The van der Waals surface area contributed by atoms with E-state index in [-0.39, 0.29) is 12.6 Å². The maximum Gasteiger partial charge on any atom is 0.303 e. The third kappa shape index (κ3) is 6.06. The van der Waals surface area contributed by atoms with E-state index in [0.717, 1.165) is 33.9 Å². The highest BCUT2D eigenvalue weighted by molar-refractivity contribution is 9.10. The van der Waals surface area contributed by atoms with E-state index < -0.39 is 8.07 Å². The molecule has 3 rings (SSSR count). The van der Waals surface area contributed by atoms with Gasteiger partial charge in [-0.15, -0.1) is 0 Å². The molecule has 0 spiro atoms. The number of fused-ring (bicyclic) bond motifs is 1. The maximum absolute atomic E-state index is 11.3. The Balaban J connectivity index is 1.80. The fraction of sp³-hybridized carbons (Fsp3) is 0.600. The summed E-state index contributed by atoms with van der Waals surface area (Å²) in [5.41, 5.74) is 1.74. The van der Waals surface area contributed by atoms with Gasteiger partial charge >= 0.3 is 5.97 Å². The third-order valence-corrected chi connectivity index (χ3v) is 7.00. The minimum absolute atomic E-state index is 0.122. The summed E-state index contributed by atoms with van der Waals surface area (Å²) in [6.45, 7) is 10.3. The quantitative estimate of drug-likeness (QED) is 0.280. The van der Waals surface area contributed by atoms with Crippen molar-refractivity contribution < 1.29 is 19.0 Å². The number of nitrogens with zero attached hydrogens (tertiary/aromatic N) is 2. The van der Waals surface area contributed by atoms with E-state index in [4.69, 9.17) is 14.2 Å². The zero-order valence-corrected chi connectivity index (χ0v) is 19.7. The zero-order chi connectivity index (χ0) is 20.3. The molecule has 0 saturated heterocycles. The van der Waals surface area contributed by atoms with Crippen molar-refractivity contribution in [3.63, 3.8) is 0 Å². The van der Waals surface area contributed by atoms with Gasteiger partial charge < -0.3 is 18.8 Å². The van der Waals surface area contributed by atoms with Crippen LogP contribution in [0.1, 0.15) is 25.6 Å². The SMILES string of the molecule is CC(=O)OCc1nc2cc(OCC3CC3)c(Br)cc2n1COCC[Si](C)(C)C. The van der Waals surface area contributed by atoms with Crippen LogP contribution < -0.4 is 4.74 Å². The van der Waals surface area contributed by atoms with E-state index in [1.807, 2.05) is 16.7 Å². The number of halogens is 1. The van der Waals surface area contributed by atoms with Gasteiger partial charge in [0.1, 0.15) is 24.9 Å². The van der Waals surface area contributed by atoms with Gasteiger partial charge in [-0.3, -0.25) is 4.79 Å². The predicted octanol–water partition coefficient (Wildman–Crippen LogP) is 4.96. The first-order valence-corrected chi connectivity index (χ1v) is 14.3. The molecule has 0 aliphatic heterocycles. The monoisotopic (exact) mass is 468 g/mol. The van der Waals surface area contributed by atoms with Crippen LogP contribution in [0.2, 0.25) is 25.7 Å². The molecule has 1 aromatic carbocycles. The van der Waals surface area contributed by atoms with Gasteiger partial charge in [-0.05, 0) is 46.8 Å². The van der Waals surface area contributed by atoms with Crippen LogP contribution in [-0.2, 0) is 27.6 Å². The summed E-state index contributed by atoms with van der Waals surface area (Å²) in [4.78, 5) is 15.9. The summed E-state index contributed by atoms with van der Waals surface area (Å²) in [5, 5.41) is 0. The van der Waals surface area contributed by atoms with Crippen LogP contribution in [0.4, 0.5) is 0 Å². The summed E-state index contributed by atoms with van der Waals surface area (Å²) in [6.07, 6.45) is 2.49. The van der Waals surface area contributed by atoms with Crippen molar-refractivity contribution in [1.29, 1.82) is 0 Å². The first-order chi connectivity index (χ1) is 13.2. The highest BCUT2D eigenvalue weighted by Gasteiger charge is 2.23. The van der Waals surface area contributed by atoms with E-state index in [2.05, 4.69) is 40.6 Å². The van der Waals surface area contributed by atoms with Crippen molar-refractivity contribution in [2.45, 2.75) is 58.8 Å². The van der Waals surface area contributed by atoms with Crippen molar-refractivity contribution in [2.75, 3.05) is 13.2 Å². The average Bonchev–Trinajstić information content (AvgIpc) is 3.37. The molecule has 0 unspecified atom stereocenters. The van der Waals surface area contributed by atoms with Crippen molar-refractivity contribution >= 4 is 41.0 Å². The number of hydrogen-bond donors (Lipinski definition) is 0. The summed E-state index contributed by atoms with van der Waals surface area (Å²) in [5.74, 6) is 1.82. The molecule has 1 saturated carbocycles. The molecule has 0 amide bonds. The number of hydrogen-bond acceptors (Lipinski definition) is 5. The van der Waals surface area contributed by atoms with Gasteiger partial charge in [0.2, 0.25) is 0 Å². The molecule has 2 aromatic rings. The molecule has 1 aliphatic rings. The predicted molar refractivity (Wildman–Crippen MR) is 115 cm³/mol. The lowest BCUT2D eigenvalue weighted by Gasteiger charge is -2.16. The number of esters is 1. The molecule has 154 valence electrons. The number of benzene rings is 1. The van der Waals surface area contributed by atoms with Crippen LogP contribution in [0.5, 0.6) is 5.75 Å². The number of ether oxygens (including phenoxy) is 3. The Morgan fingerprint density at radius 2 is 2.07 bits per heavy atom. The van der Waals surface area contributed by atoms with E-state index in [1.54, 1.807) is 0 Å². The topological polar surface area (TPSA) is 62.6 Å². The van der Waals surface area contributed by atoms with Crippen LogP contribution in [0.25, 0.3) is 11.0 Å². The fourth-order valence-electron chi connectivity index (χ4n) is 2.73. The van der Waals surface area contributed by atoms with Crippen LogP contribution in [0, 0.1) is 5.92 Å². The first kappa shape index (κ1) is 21.3. The van der Waals surface area contributed by atoms with Crippen LogP contribution in [-0.4, -0.2) is 36.8 Å². The molecule has 0 N–H and O–H groups in total. The lowest BCUT2D eigenvalue weighted by Crippen LogP contribution is -2.22. The van der Waals surface area contributed by atoms with E-state index in [9.17, 15) is 4.79 Å². The number of carbonyl (C=O) groups excluding carboxylic acids is 1. The highest BCUT2D eigenvalue weighted by atomic mass is 79.9. The Bertz CT molecular complexity index is 843. The minimum atomic E-state index is -1.15. The molecule has 1 heterocycles. The maximum atomic E-state index is 11.3. The largest absolute Gasteiger partial charge is 0.492 e. The van der Waals surface area contributed by atoms with Gasteiger partial charge in [0.05, 0.1) is 22.1 Å². The van der Waals surface area contributed by atoms with E-state index in [0.29, 0.717) is 25.1 Å². The lowest BCUT2D eigenvalue weighted by molar-refractivity contribution is -0.142. The second-order valence-corrected chi connectivity index (χ2v) is 15.1. The van der Waals surface area contributed by atoms with Crippen molar-refractivity contribution in [1.82, 2.24) is 9.55 Å². The van der Waals surface area contributed by atoms with Crippen molar-refractivity contribution in [3.05, 3.63) is 22.4 Å². The fourth-order valence-corrected chi connectivity index (χ4v) is 3.94. The molecule has 8 heteroatoms. The molecule has 0 bridgehead atoms. The standard InChI is InChI=1S/C20H29BrN2O4Si/c1-14(24)26-12-20-22-17-10-19(27-11-15-5-6-15)16(21)9-18(17)23(20)13-25-7-8-28(2,3)4/h9-10,15H,5-8,11-13H2,1-4H3. The van der Waals surface area contributed by atoms with Crippen molar-refractivity contribution in [3.8, 4) is 5.75 Å². The Hall–Kier alpha value is -1.38. The summed E-state index contributed by atoms with van der Waals surface area (Å²) in [6, 6.07) is 5.04. The first-order valence-electron chi connectivity index (χ1n) is 9.75. The number of imidazole rings is 1. The summed E-state index contributed by atoms with van der Waals surface area (Å²) in [7, 11) is -1.15. The van der Waals surface area contributed by atoms with Gasteiger partial charge in [0.15, 0.2) is 0 Å². The highest BCUT2D eigenvalue weighted by Crippen LogP contribution is 2.34. The molecule has 0 radical (unpaired) electrons. The number of aromatic nitrogens is 2. The Labute approximate surface area is 175 Å². The van der Waals surface area contributed by atoms with Gasteiger partial charge in [0, 0.05) is 27.7 Å². The zero-order valence-electron chi connectivity index (χ0n) is 17.1.